The number of halogens is 1. The Morgan fingerprint density at radius 2 is 1.56 bits per heavy atom. The van der Waals surface area contributed by atoms with Crippen LogP contribution in [0.4, 0.5) is 0 Å². The van der Waals surface area contributed by atoms with E-state index in [2.05, 4.69) is 0 Å². The molecule has 0 saturated carbocycles. The molecule has 18 heavy (non-hydrogen) atoms. The van der Waals surface area contributed by atoms with Crippen LogP contribution < -0.4 is 0 Å². The average molecular weight is 255 g/mol. The molecule has 2 heteroatoms. The third kappa shape index (κ3) is 1.93. The maximum Gasteiger partial charge on any atom is 0.124 e. The maximum absolute atomic E-state index is 10.2. The molecule has 0 saturated heterocycles. The Kier molecular flexibility index (Phi) is 2.69. The Balaban J connectivity index is 2.24. The lowest BCUT2D eigenvalue weighted by Crippen LogP contribution is -1.92. The minimum absolute atomic E-state index is 0.262. The van der Waals surface area contributed by atoms with Gasteiger partial charge in [-0.2, -0.15) is 0 Å². The van der Waals surface area contributed by atoms with Crippen molar-refractivity contribution < 1.29 is 5.11 Å². The molecule has 2 aromatic rings. The predicted octanol–water partition coefficient (Wildman–Crippen LogP) is 4.88. The topological polar surface area (TPSA) is 20.2 Å². The molecule has 1 nitrogen and oxygen atoms in total. The van der Waals surface area contributed by atoms with Crippen LogP contribution in [0.25, 0.3) is 24.0 Å². The smallest absolute Gasteiger partial charge is 0.124 e. The van der Waals surface area contributed by atoms with Gasteiger partial charge in [-0.25, -0.2) is 0 Å². The molecule has 0 aromatic heterocycles. The maximum atomic E-state index is 10.2. The van der Waals surface area contributed by atoms with Crippen molar-refractivity contribution in [2.24, 2.45) is 0 Å². The van der Waals surface area contributed by atoms with Crippen LogP contribution in [-0.2, 0) is 0 Å². The molecule has 1 aliphatic carbocycles. The van der Waals surface area contributed by atoms with Crippen LogP contribution in [-0.4, -0.2) is 5.11 Å². The summed E-state index contributed by atoms with van der Waals surface area (Å²) in [5.74, 6) is 0.262. The van der Waals surface area contributed by atoms with E-state index in [-0.39, 0.29) is 5.76 Å². The fourth-order valence-electron chi connectivity index (χ4n) is 2.10. The molecule has 2 aromatic carbocycles. The van der Waals surface area contributed by atoms with Crippen molar-refractivity contribution in [3.8, 4) is 0 Å². The molecule has 3 rings (SSSR count). The van der Waals surface area contributed by atoms with Crippen LogP contribution in [0.3, 0.4) is 0 Å². The third-order valence-electron chi connectivity index (χ3n) is 3.02. The number of hydrogen-bond acceptors (Lipinski definition) is 1. The summed E-state index contributed by atoms with van der Waals surface area (Å²) in [5.41, 5.74) is 3.80. The average Bonchev–Trinajstić information content (AvgIpc) is 2.36. The van der Waals surface area contributed by atoms with E-state index >= 15 is 0 Å². The van der Waals surface area contributed by atoms with Crippen LogP contribution in [0.5, 0.6) is 0 Å². The lowest BCUT2D eigenvalue weighted by Gasteiger charge is -2.10. The molecule has 88 valence electrons. The first-order valence-electron chi connectivity index (χ1n) is 5.72. The summed E-state index contributed by atoms with van der Waals surface area (Å²) in [7, 11) is 0. The van der Waals surface area contributed by atoms with E-state index in [0.29, 0.717) is 5.02 Å². The summed E-state index contributed by atoms with van der Waals surface area (Å²) in [6.07, 6.45) is 5.79. The molecule has 0 heterocycles. The van der Waals surface area contributed by atoms with Gasteiger partial charge in [-0.05, 0) is 41.0 Å². The van der Waals surface area contributed by atoms with Gasteiger partial charge in [0.1, 0.15) is 5.76 Å². The predicted molar refractivity (Wildman–Crippen MR) is 77.3 cm³/mol. The van der Waals surface area contributed by atoms with E-state index < -0.39 is 0 Å². The van der Waals surface area contributed by atoms with Gasteiger partial charge in [-0.1, -0.05) is 48.0 Å². The third-order valence-corrected chi connectivity index (χ3v) is 3.26. The molecule has 1 N–H and O–H groups in total. The second-order valence-corrected chi connectivity index (χ2v) is 4.66. The Labute approximate surface area is 111 Å². The zero-order chi connectivity index (χ0) is 12.5. The number of hydrogen-bond donors (Lipinski definition) is 1. The lowest BCUT2D eigenvalue weighted by molar-refractivity contribution is 0.515. The van der Waals surface area contributed by atoms with Gasteiger partial charge < -0.3 is 5.11 Å². The Morgan fingerprint density at radius 1 is 0.833 bits per heavy atom. The molecule has 0 atom stereocenters. The van der Waals surface area contributed by atoms with E-state index in [1.54, 1.807) is 12.1 Å². The highest BCUT2D eigenvalue weighted by atomic mass is 35.5. The number of rotatable bonds is 0. The number of aliphatic hydroxyl groups is 1. The van der Waals surface area contributed by atoms with Crippen molar-refractivity contribution in [3.63, 3.8) is 0 Å². The van der Waals surface area contributed by atoms with Gasteiger partial charge in [-0.3, -0.25) is 0 Å². The highest BCUT2D eigenvalue weighted by Gasteiger charge is 2.09. The summed E-state index contributed by atoms with van der Waals surface area (Å²) in [5, 5.41) is 10.9. The molecule has 0 radical (unpaired) electrons. The highest BCUT2D eigenvalue weighted by molar-refractivity contribution is 6.30. The van der Waals surface area contributed by atoms with Crippen molar-refractivity contribution in [2.45, 2.75) is 0 Å². The SMILES string of the molecule is O/C1=C/c2ccccc2/C=C\c2cc(Cl)ccc21. The minimum atomic E-state index is 0.262. The summed E-state index contributed by atoms with van der Waals surface area (Å²) >= 11 is 5.98. The van der Waals surface area contributed by atoms with Gasteiger partial charge in [0.15, 0.2) is 0 Å². The minimum Gasteiger partial charge on any atom is -0.507 e. The largest absolute Gasteiger partial charge is 0.507 e. The summed E-state index contributed by atoms with van der Waals surface area (Å²) in [6, 6.07) is 13.4. The van der Waals surface area contributed by atoms with Crippen LogP contribution in [0, 0.1) is 0 Å². The standard InChI is InChI=1S/C16H11ClO/c17-14-7-8-15-13(9-14)6-5-11-3-1-2-4-12(11)10-16(15)18/h1-10,18H/b6-5-,11-5?,12-10?,13-6?,16-10+,16-15?. The molecule has 0 fully saturated rings. The van der Waals surface area contributed by atoms with E-state index in [4.69, 9.17) is 11.6 Å². The van der Waals surface area contributed by atoms with Crippen molar-refractivity contribution >= 4 is 35.6 Å². The number of aliphatic hydroxyl groups excluding tert-OH is 1. The number of fused-ring (bicyclic) bond motifs is 2. The molecule has 0 unspecified atom stereocenters. The normalized spacial score (nSPS) is 17.7. The quantitative estimate of drug-likeness (QED) is 0.710. The number of benzene rings is 2. The molecular formula is C16H11ClO. The first-order chi connectivity index (χ1) is 8.74. The van der Waals surface area contributed by atoms with Gasteiger partial charge in [-0.15, -0.1) is 0 Å². The molecular weight excluding hydrogens is 244 g/mol. The van der Waals surface area contributed by atoms with Crippen molar-refractivity contribution in [3.05, 3.63) is 69.7 Å². The van der Waals surface area contributed by atoms with Gasteiger partial charge in [0.05, 0.1) is 0 Å². The molecule has 0 aliphatic heterocycles. The monoisotopic (exact) mass is 254 g/mol. The first-order valence-corrected chi connectivity index (χ1v) is 6.09. The lowest BCUT2D eigenvalue weighted by atomic mass is 9.97. The van der Waals surface area contributed by atoms with Crippen molar-refractivity contribution in [2.75, 3.05) is 0 Å². The Morgan fingerprint density at radius 3 is 2.39 bits per heavy atom. The summed E-state index contributed by atoms with van der Waals surface area (Å²) in [4.78, 5) is 0. The Bertz CT molecular complexity index is 669. The van der Waals surface area contributed by atoms with E-state index in [0.717, 1.165) is 22.3 Å². The summed E-state index contributed by atoms with van der Waals surface area (Å²) < 4.78 is 0. The van der Waals surface area contributed by atoms with E-state index in [1.165, 1.54) is 0 Å². The zero-order valence-electron chi connectivity index (χ0n) is 9.60. The van der Waals surface area contributed by atoms with Gasteiger partial charge in [0, 0.05) is 10.6 Å². The van der Waals surface area contributed by atoms with Crippen molar-refractivity contribution in [1.82, 2.24) is 0 Å². The zero-order valence-corrected chi connectivity index (χ0v) is 10.4. The fraction of sp³-hybridized carbons (Fsp3) is 0. The van der Waals surface area contributed by atoms with Gasteiger partial charge in [0.25, 0.3) is 0 Å². The van der Waals surface area contributed by atoms with E-state index in [9.17, 15) is 5.11 Å². The van der Waals surface area contributed by atoms with Crippen LogP contribution >= 0.6 is 11.6 Å². The fourth-order valence-corrected chi connectivity index (χ4v) is 2.28. The van der Waals surface area contributed by atoms with Gasteiger partial charge in [0.2, 0.25) is 0 Å². The van der Waals surface area contributed by atoms with Gasteiger partial charge >= 0.3 is 0 Å². The molecule has 0 bridgehead atoms. The molecule has 0 amide bonds. The summed E-state index contributed by atoms with van der Waals surface area (Å²) in [6.45, 7) is 0. The van der Waals surface area contributed by atoms with Crippen molar-refractivity contribution in [1.29, 1.82) is 0 Å². The van der Waals surface area contributed by atoms with Crippen LogP contribution in [0.2, 0.25) is 5.02 Å². The second-order valence-electron chi connectivity index (χ2n) is 4.22. The second kappa shape index (κ2) is 4.35. The molecule has 1 aliphatic rings. The van der Waals surface area contributed by atoms with E-state index in [1.807, 2.05) is 48.6 Å². The molecule has 0 spiro atoms. The van der Waals surface area contributed by atoms with Crippen LogP contribution in [0.15, 0.2) is 42.5 Å². The highest BCUT2D eigenvalue weighted by Crippen LogP contribution is 2.28. The first kappa shape index (κ1) is 11.1. The van der Waals surface area contributed by atoms with Crippen LogP contribution in [0.1, 0.15) is 22.3 Å². The Hall–Kier alpha value is -1.99.